The number of carbonyl (C=O) groups is 2. The molecule has 0 radical (unpaired) electrons. The fraction of sp³-hybridized carbons (Fsp3) is 0.444. The number of pyridine rings is 1. The molecule has 1 saturated heterocycles. The lowest BCUT2D eigenvalue weighted by Crippen LogP contribution is -2.50. The number of anilines is 1. The van der Waals surface area contributed by atoms with Crippen molar-refractivity contribution < 1.29 is 9.59 Å². The first-order valence-electron chi connectivity index (χ1n) is 8.90. The molecule has 2 aliphatic rings. The van der Waals surface area contributed by atoms with Gasteiger partial charge in [0, 0.05) is 37.5 Å². The molecule has 2 aromatic rings. The summed E-state index contributed by atoms with van der Waals surface area (Å²) in [5, 5.41) is 13.5. The molecule has 8 nitrogen and oxygen atoms in total. The second-order valence-electron chi connectivity index (χ2n) is 6.96. The first-order chi connectivity index (χ1) is 12.6. The summed E-state index contributed by atoms with van der Waals surface area (Å²) in [4.78, 5) is 28.7. The molecule has 2 fully saturated rings. The molecule has 2 aromatic heterocycles. The molecule has 0 aromatic carbocycles. The number of nitrogens with zero attached hydrogens (tertiary/aromatic N) is 3. The number of nitrogens with one attached hydrogen (secondary N) is 3. The number of carbonyl (C=O) groups excluding carboxylic acids is 2. The van der Waals surface area contributed by atoms with E-state index in [0.29, 0.717) is 24.4 Å². The van der Waals surface area contributed by atoms with E-state index in [9.17, 15) is 9.59 Å². The van der Waals surface area contributed by atoms with E-state index in [0.717, 1.165) is 11.4 Å². The number of aromatic nitrogens is 3. The fourth-order valence-corrected chi connectivity index (χ4v) is 3.17. The van der Waals surface area contributed by atoms with E-state index < -0.39 is 0 Å². The van der Waals surface area contributed by atoms with Crippen LogP contribution < -0.4 is 16.0 Å². The molecule has 4 rings (SSSR count). The summed E-state index contributed by atoms with van der Waals surface area (Å²) in [7, 11) is 1.82. The molecule has 1 saturated carbocycles. The fourth-order valence-electron chi connectivity index (χ4n) is 3.17. The molecule has 0 bridgehead atoms. The van der Waals surface area contributed by atoms with Crippen molar-refractivity contribution >= 4 is 17.6 Å². The smallest absolute Gasteiger partial charge is 0.253 e. The van der Waals surface area contributed by atoms with Gasteiger partial charge >= 0.3 is 0 Å². The minimum Gasteiger partial charge on any atom is -0.367 e. The minimum absolute atomic E-state index is 0.0125. The second-order valence-corrected chi connectivity index (χ2v) is 6.96. The number of hydrogen-bond donors (Lipinski definition) is 3. The first-order valence-corrected chi connectivity index (χ1v) is 8.90. The zero-order chi connectivity index (χ0) is 18.1. The minimum atomic E-state index is -0.280. The molecule has 26 heavy (non-hydrogen) atoms. The number of amides is 2. The highest BCUT2D eigenvalue weighted by Crippen LogP contribution is 2.25. The summed E-state index contributed by atoms with van der Waals surface area (Å²) in [5.74, 6) is 0.592. The van der Waals surface area contributed by atoms with E-state index in [1.165, 1.54) is 12.8 Å². The van der Waals surface area contributed by atoms with E-state index in [-0.39, 0.29) is 23.9 Å². The Kier molecular flexibility index (Phi) is 4.32. The molecule has 136 valence electrons. The SMILES string of the molecule is Cn1cc([C@@H]2NC(=O)CC[C@@H]2NC(=O)c2ccc(NC3CC3)nc2)cn1. The molecule has 2 amide bonds. The quantitative estimate of drug-likeness (QED) is 0.747. The third kappa shape index (κ3) is 3.68. The van der Waals surface area contributed by atoms with Crippen molar-refractivity contribution in [2.75, 3.05) is 5.32 Å². The Hall–Kier alpha value is -2.90. The highest BCUT2D eigenvalue weighted by molar-refractivity contribution is 5.94. The Labute approximate surface area is 151 Å². The molecule has 2 atom stereocenters. The highest BCUT2D eigenvalue weighted by Gasteiger charge is 2.32. The average Bonchev–Trinajstić information content (AvgIpc) is 3.34. The lowest BCUT2D eigenvalue weighted by molar-refractivity contribution is -0.123. The Morgan fingerprint density at radius 2 is 2.12 bits per heavy atom. The molecule has 3 N–H and O–H groups in total. The maximum atomic E-state index is 12.6. The summed E-state index contributed by atoms with van der Waals surface area (Å²) >= 11 is 0. The van der Waals surface area contributed by atoms with E-state index in [1.807, 2.05) is 19.3 Å². The molecule has 0 unspecified atom stereocenters. The van der Waals surface area contributed by atoms with E-state index in [1.54, 1.807) is 23.1 Å². The van der Waals surface area contributed by atoms with Crippen LogP contribution >= 0.6 is 0 Å². The van der Waals surface area contributed by atoms with Crippen LogP contribution in [0.25, 0.3) is 0 Å². The summed E-state index contributed by atoms with van der Waals surface area (Å²) in [6.07, 6.45) is 8.49. The van der Waals surface area contributed by atoms with Crippen molar-refractivity contribution in [2.45, 2.75) is 43.8 Å². The van der Waals surface area contributed by atoms with Gasteiger partial charge in [0.15, 0.2) is 0 Å². The molecule has 8 heteroatoms. The number of rotatable bonds is 5. The Morgan fingerprint density at radius 3 is 2.77 bits per heavy atom. The van der Waals surface area contributed by atoms with Gasteiger partial charge in [-0.25, -0.2) is 4.98 Å². The van der Waals surface area contributed by atoms with Crippen LogP contribution in [0.1, 0.15) is 47.6 Å². The van der Waals surface area contributed by atoms with Crippen LogP contribution in [0.4, 0.5) is 5.82 Å². The van der Waals surface area contributed by atoms with Gasteiger partial charge in [-0.1, -0.05) is 0 Å². The number of piperidine rings is 1. The van der Waals surface area contributed by atoms with Crippen LogP contribution in [0.5, 0.6) is 0 Å². The monoisotopic (exact) mass is 354 g/mol. The summed E-state index contributed by atoms with van der Waals surface area (Å²) in [5.41, 5.74) is 1.39. The van der Waals surface area contributed by atoms with Crippen LogP contribution in [-0.4, -0.2) is 38.7 Å². The van der Waals surface area contributed by atoms with Crippen LogP contribution in [0.2, 0.25) is 0 Å². The van der Waals surface area contributed by atoms with E-state index >= 15 is 0 Å². The van der Waals surface area contributed by atoms with E-state index in [2.05, 4.69) is 26.0 Å². The predicted molar refractivity (Wildman–Crippen MR) is 95.5 cm³/mol. The zero-order valence-electron chi connectivity index (χ0n) is 14.6. The van der Waals surface area contributed by atoms with Gasteiger partial charge in [-0.3, -0.25) is 14.3 Å². The van der Waals surface area contributed by atoms with Gasteiger partial charge in [0.2, 0.25) is 5.91 Å². The third-order valence-corrected chi connectivity index (χ3v) is 4.76. The Bertz CT molecular complexity index is 811. The largest absolute Gasteiger partial charge is 0.367 e. The first kappa shape index (κ1) is 16.6. The molecular formula is C18H22N6O2. The van der Waals surface area contributed by atoms with Crippen molar-refractivity contribution in [1.29, 1.82) is 0 Å². The van der Waals surface area contributed by atoms with Crippen molar-refractivity contribution in [3.05, 3.63) is 41.9 Å². The van der Waals surface area contributed by atoms with Gasteiger partial charge in [0.1, 0.15) is 5.82 Å². The Morgan fingerprint density at radius 1 is 1.27 bits per heavy atom. The zero-order valence-corrected chi connectivity index (χ0v) is 14.6. The van der Waals surface area contributed by atoms with Gasteiger partial charge < -0.3 is 16.0 Å². The number of aryl methyl sites for hydroxylation is 1. The average molecular weight is 354 g/mol. The number of hydrogen-bond acceptors (Lipinski definition) is 5. The van der Waals surface area contributed by atoms with Crippen LogP contribution in [-0.2, 0) is 11.8 Å². The van der Waals surface area contributed by atoms with Gasteiger partial charge in [-0.05, 0) is 31.4 Å². The lowest BCUT2D eigenvalue weighted by Gasteiger charge is -2.32. The standard InChI is InChI=1S/C18H22N6O2/c1-24-10-12(9-20-24)17-14(5-7-16(25)23-17)22-18(26)11-2-6-15(19-8-11)21-13-3-4-13/h2,6,8-10,13-14,17H,3-5,7H2,1H3,(H,19,21)(H,22,26)(H,23,25)/t14-,17-/m0/s1. The summed E-state index contributed by atoms with van der Waals surface area (Å²) in [6, 6.07) is 3.65. The van der Waals surface area contributed by atoms with E-state index in [4.69, 9.17) is 0 Å². The second kappa shape index (κ2) is 6.78. The van der Waals surface area contributed by atoms with Crippen molar-refractivity contribution in [3.63, 3.8) is 0 Å². The van der Waals surface area contributed by atoms with Crippen LogP contribution in [0.15, 0.2) is 30.7 Å². The predicted octanol–water partition coefficient (Wildman–Crippen LogP) is 1.14. The van der Waals surface area contributed by atoms with Gasteiger partial charge in [-0.15, -0.1) is 0 Å². The molecule has 1 aliphatic carbocycles. The maximum absolute atomic E-state index is 12.6. The van der Waals surface area contributed by atoms with Crippen molar-refractivity contribution in [2.24, 2.45) is 7.05 Å². The topological polar surface area (TPSA) is 101 Å². The molecule has 3 heterocycles. The normalized spacial score (nSPS) is 22.6. The van der Waals surface area contributed by atoms with Crippen molar-refractivity contribution in [3.8, 4) is 0 Å². The van der Waals surface area contributed by atoms with Crippen LogP contribution in [0.3, 0.4) is 0 Å². The van der Waals surface area contributed by atoms with Crippen molar-refractivity contribution in [1.82, 2.24) is 25.4 Å². The van der Waals surface area contributed by atoms with Gasteiger partial charge in [-0.2, -0.15) is 5.10 Å². The molecule has 1 aliphatic heterocycles. The Balaban J connectivity index is 1.45. The third-order valence-electron chi connectivity index (χ3n) is 4.76. The highest BCUT2D eigenvalue weighted by atomic mass is 16.2. The maximum Gasteiger partial charge on any atom is 0.253 e. The summed E-state index contributed by atoms with van der Waals surface area (Å²) < 4.78 is 1.69. The molecular weight excluding hydrogens is 332 g/mol. The van der Waals surface area contributed by atoms with Gasteiger partial charge in [0.05, 0.1) is 23.8 Å². The van der Waals surface area contributed by atoms with Crippen LogP contribution in [0, 0.1) is 0 Å². The molecule has 0 spiro atoms. The lowest BCUT2D eigenvalue weighted by atomic mass is 9.93. The van der Waals surface area contributed by atoms with Gasteiger partial charge in [0.25, 0.3) is 5.91 Å². The summed E-state index contributed by atoms with van der Waals surface area (Å²) in [6.45, 7) is 0.